The minimum absolute atomic E-state index is 0.286. The molecule has 0 amide bonds. The average Bonchev–Trinajstić information content (AvgIpc) is 2.71. The number of rotatable bonds is 5. The number of nitro groups is 1. The predicted octanol–water partition coefficient (Wildman–Crippen LogP) is 1.06. The lowest BCUT2D eigenvalue weighted by molar-refractivity contribution is -0.548. The third-order valence-electron chi connectivity index (χ3n) is 2.55. The van der Waals surface area contributed by atoms with Crippen LogP contribution < -0.4 is 5.43 Å². The first-order valence-corrected chi connectivity index (χ1v) is 5.11. The van der Waals surface area contributed by atoms with Gasteiger partial charge >= 0.3 is 0 Å². The molecule has 0 saturated heterocycles. The standard InChI is InChI=1S/C11H11N3O3/c15-7-9(13-14(16)17)5-8-6-12-11-4-2-1-3-10(8)11/h1-4,6-7,9,12-13H,5H2/t9-/m0/s1. The first kappa shape index (κ1) is 11.1. The first-order valence-electron chi connectivity index (χ1n) is 5.11. The Morgan fingerprint density at radius 2 is 2.24 bits per heavy atom. The SMILES string of the molecule is O=C[C@H](Cc1c[nH]c2ccccc12)N[N+](=O)[O-]. The van der Waals surface area contributed by atoms with Crippen molar-refractivity contribution in [1.82, 2.24) is 10.4 Å². The van der Waals surface area contributed by atoms with Gasteiger partial charge in [-0.15, -0.1) is 5.43 Å². The van der Waals surface area contributed by atoms with E-state index in [2.05, 4.69) is 4.98 Å². The van der Waals surface area contributed by atoms with E-state index in [0.29, 0.717) is 6.29 Å². The van der Waals surface area contributed by atoms with Gasteiger partial charge in [0.1, 0.15) is 12.3 Å². The molecule has 0 aliphatic rings. The molecule has 6 heteroatoms. The van der Waals surface area contributed by atoms with Gasteiger partial charge in [-0.2, -0.15) is 0 Å². The predicted molar refractivity (Wildman–Crippen MR) is 62.0 cm³/mol. The van der Waals surface area contributed by atoms with Crippen LogP contribution in [0.5, 0.6) is 0 Å². The Hall–Kier alpha value is -2.37. The summed E-state index contributed by atoms with van der Waals surface area (Å²) in [5.74, 6) is 0. The van der Waals surface area contributed by atoms with Crippen molar-refractivity contribution in [2.45, 2.75) is 12.5 Å². The van der Waals surface area contributed by atoms with Crippen molar-refractivity contribution >= 4 is 17.2 Å². The number of nitrogens with one attached hydrogen (secondary N) is 2. The van der Waals surface area contributed by atoms with Gasteiger partial charge in [0.15, 0.2) is 5.03 Å². The van der Waals surface area contributed by atoms with E-state index in [0.717, 1.165) is 16.5 Å². The Balaban J connectivity index is 2.22. The van der Waals surface area contributed by atoms with Gasteiger partial charge in [0.2, 0.25) is 0 Å². The van der Waals surface area contributed by atoms with Crippen molar-refractivity contribution < 1.29 is 9.83 Å². The quantitative estimate of drug-likeness (QED) is 0.459. The number of hydrazine groups is 1. The van der Waals surface area contributed by atoms with Gasteiger partial charge < -0.3 is 9.78 Å². The summed E-state index contributed by atoms with van der Waals surface area (Å²) in [6.07, 6.45) is 2.60. The number of hydrogen-bond donors (Lipinski definition) is 2. The molecule has 1 aromatic carbocycles. The van der Waals surface area contributed by atoms with Gasteiger partial charge in [-0.1, -0.05) is 18.2 Å². The molecule has 0 aliphatic heterocycles. The lowest BCUT2D eigenvalue weighted by Crippen LogP contribution is -2.36. The molecule has 6 nitrogen and oxygen atoms in total. The maximum atomic E-state index is 10.7. The van der Waals surface area contributed by atoms with Gasteiger partial charge in [0.05, 0.1) is 0 Å². The van der Waals surface area contributed by atoms with Crippen LogP contribution in [0.15, 0.2) is 30.5 Å². The molecule has 2 rings (SSSR count). The fourth-order valence-electron chi connectivity index (χ4n) is 1.80. The van der Waals surface area contributed by atoms with Crippen molar-refractivity contribution in [3.63, 3.8) is 0 Å². The zero-order valence-electron chi connectivity index (χ0n) is 8.92. The zero-order chi connectivity index (χ0) is 12.3. The van der Waals surface area contributed by atoms with Crippen molar-refractivity contribution in [3.05, 3.63) is 46.1 Å². The summed E-state index contributed by atoms with van der Waals surface area (Å²) in [5, 5.41) is 10.6. The van der Waals surface area contributed by atoms with E-state index < -0.39 is 11.1 Å². The summed E-state index contributed by atoms with van der Waals surface area (Å²) in [4.78, 5) is 24.1. The Labute approximate surface area is 96.8 Å². The van der Waals surface area contributed by atoms with Crippen LogP contribution in [-0.4, -0.2) is 22.3 Å². The highest BCUT2D eigenvalue weighted by Gasteiger charge is 2.15. The van der Waals surface area contributed by atoms with Gasteiger partial charge in [-0.3, -0.25) is 0 Å². The Kier molecular flexibility index (Phi) is 3.04. The third-order valence-corrected chi connectivity index (χ3v) is 2.55. The molecule has 88 valence electrons. The molecule has 0 spiro atoms. The summed E-state index contributed by atoms with van der Waals surface area (Å²) in [5.41, 5.74) is 3.81. The number of fused-ring (bicyclic) bond motifs is 1. The Bertz CT molecular complexity index is 550. The van der Waals surface area contributed by atoms with Gasteiger partial charge in [-0.05, 0) is 11.6 Å². The summed E-state index contributed by atoms with van der Waals surface area (Å²) < 4.78 is 0. The van der Waals surface area contributed by atoms with Crippen LogP contribution in [0.2, 0.25) is 0 Å². The monoisotopic (exact) mass is 233 g/mol. The Morgan fingerprint density at radius 1 is 1.47 bits per heavy atom. The second kappa shape index (κ2) is 4.65. The number of H-pyrrole nitrogens is 1. The summed E-state index contributed by atoms with van der Waals surface area (Å²) in [7, 11) is 0. The van der Waals surface area contributed by atoms with Gasteiger partial charge in [-0.25, -0.2) is 10.1 Å². The lowest BCUT2D eigenvalue weighted by atomic mass is 10.1. The molecule has 2 N–H and O–H groups in total. The normalized spacial score (nSPS) is 12.2. The number of aromatic nitrogens is 1. The Morgan fingerprint density at radius 3 is 2.94 bits per heavy atom. The highest BCUT2D eigenvalue weighted by molar-refractivity contribution is 5.83. The van der Waals surface area contributed by atoms with Gasteiger partial charge in [0.25, 0.3) is 0 Å². The van der Waals surface area contributed by atoms with Crippen LogP contribution in [0.3, 0.4) is 0 Å². The maximum absolute atomic E-state index is 10.7. The molecule has 1 heterocycles. The molecule has 0 bridgehead atoms. The number of aromatic amines is 1. The first-order chi connectivity index (χ1) is 8.20. The molecule has 0 aliphatic carbocycles. The fraction of sp³-hybridized carbons (Fsp3) is 0.182. The number of benzene rings is 1. The molecule has 0 radical (unpaired) electrons. The molecular weight excluding hydrogens is 222 g/mol. The molecule has 1 aromatic heterocycles. The van der Waals surface area contributed by atoms with E-state index in [1.54, 1.807) is 6.20 Å². The highest BCUT2D eigenvalue weighted by atomic mass is 16.7. The molecule has 1 atom stereocenters. The van der Waals surface area contributed by atoms with Crippen LogP contribution in [0.1, 0.15) is 5.56 Å². The van der Waals surface area contributed by atoms with Crippen molar-refractivity contribution in [3.8, 4) is 0 Å². The number of hydrogen-bond acceptors (Lipinski definition) is 3. The molecule has 17 heavy (non-hydrogen) atoms. The summed E-state index contributed by atoms with van der Waals surface area (Å²) >= 11 is 0. The van der Waals surface area contributed by atoms with Crippen LogP contribution >= 0.6 is 0 Å². The lowest BCUT2D eigenvalue weighted by Gasteiger charge is -2.05. The molecule has 0 fully saturated rings. The fourth-order valence-corrected chi connectivity index (χ4v) is 1.80. The minimum Gasteiger partial charge on any atom is -0.361 e. The molecular formula is C11H11N3O3. The minimum atomic E-state index is -0.816. The van der Waals surface area contributed by atoms with E-state index in [1.807, 2.05) is 29.7 Å². The number of para-hydroxylation sites is 1. The second-order valence-electron chi connectivity index (χ2n) is 3.69. The van der Waals surface area contributed by atoms with E-state index >= 15 is 0 Å². The molecule has 0 unspecified atom stereocenters. The third kappa shape index (κ3) is 2.41. The second-order valence-corrected chi connectivity index (χ2v) is 3.69. The van der Waals surface area contributed by atoms with Gasteiger partial charge in [0, 0.05) is 23.5 Å². The number of aldehydes is 1. The van der Waals surface area contributed by atoms with E-state index in [4.69, 9.17) is 0 Å². The van der Waals surface area contributed by atoms with Crippen LogP contribution in [0, 0.1) is 10.1 Å². The number of carbonyl (C=O) groups is 1. The molecule has 2 aromatic rings. The van der Waals surface area contributed by atoms with E-state index in [9.17, 15) is 14.9 Å². The highest BCUT2D eigenvalue weighted by Crippen LogP contribution is 2.18. The van der Waals surface area contributed by atoms with Crippen LogP contribution in [0.4, 0.5) is 0 Å². The number of carbonyl (C=O) groups excluding carboxylic acids is 1. The van der Waals surface area contributed by atoms with E-state index in [1.165, 1.54) is 0 Å². The van der Waals surface area contributed by atoms with Crippen LogP contribution in [-0.2, 0) is 11.2 Å². The number of nitrogens with zero attached hydrogens (tertiary/aromatic N) is 1. The average molecular weight is 233 g/mol. The van der Waals surface area contributed by atoms with E-state index in [-0.39, 0.29) is 6.42 Å². The van der Waals surface area contributed by atoms with Crippen molar-refractivity contribution in [1.29, 1.82) is 0 Å². The summed E-state index contributed by atoms with van der Waals surface area (Å²) in [6, 6.07) is 6.79. The summed E-state index contributed by atoms with van der Waals surface area (Å²) in [6.45, 7) is 0. The smallest absolute Gasteiger partial charge is 0.158 e. The van der Waals surface area contributed by atoms with Crippen molar-refractivity contribution in [2.24, 2.45) is 0 Å². The topological polar surface area (TPSA) is 88.0 Å². The van der Waals surface area contributed by atoms with Crippen LogP contribution in [0.25, 0.3) is 10.9 Å². The largest absolute Gasteiger partial charge is 0.361 e. The maximum Gasteiger partial charge on any atom is 0.158 e. The van der Waals surface area contributed by atoms with Crippen molar-refractivity contribution in [2.75, 3.05) is 0 Å². The zero-order valence-corrected chi connectivity index (χ0v) is 8.92. The molecule has 0 saturated carbocycles.